The van der Waals surface area contributed by atoms with Crippen LogP contribution in [0.1, 0.15) is 37.7 Å². The maximum Gasteiger partial charge on any atom is 0.346 e. The van der Waals surface area contributed by atoms with E-state index < -0.39 is 11.6 Å². The molecule has 1 aromatic rings. The van der Waals surface area contributed by atoms with Crippen molar-refractivity contribution in [1.82, 2.24) is 10.3 Å². The van der Waals surface area contributed by atoms with Crippen LogP contribution in [-0.4, -0.2) is 38.9 Å². The number of phenolic OH excluding ortho intramolecular Hbond substituents is 2. The van der Waals surface area contributed by atoms with E-state index in [4.69, 9.17) is 0 Å². The molecule has 1 aliphatic heterocycles. The van der Waals surface area contributed by atoms with Crippen molar-refractivity contribution >= 4 is 18.2 Å². The Morgan fingerprint density at radius 2 is 1.91 bits per heavy atom. The topological polar surface area (TPSA) is 102 Å². The number of hydrogen-bond donors (Lipinski definition) is 3. The minimum atomic E-state index is -0.816. The van der Waals surface area contributed by atoms with Gasteiger partial charge < -0.3 is 15.5 Å². The zero-order valence-electron chi connectivity index (χ0n) is 12.0. The molecule has 1 heterocycles. The molecule has 1 spiro atoms. The van der Waals surface area contributed by atoms with Crippen LogP contribution in [0.25, 0.3) is 0 Å². The van der Waals surface area contributed by atoms with Gasteiger partial charge in [0.1, 0.15) is 17.0 Å². The van der Waals surface area contributed by atoms with Crippen LogP contribution >= 0.6 is 0 Å². The zero-order chi connectivity index (χ0) is 15.7. The van der Waals surface area contributed by atoms with E-state index in [0.717, 1.165) is 30.3 Å². The second kappa shape index (κ2) is 5.32. The van der Waals surface area contributed by atoms with Crippen LogP contribution in [0.15, 0.2) is 23.3 Å². The van der Waals surface area contributed by atoms with Crippen LogP contribution in [0.5, 0.6) is 11.5 Å². The highest BCUT2D eigenvalue weighted by molar-refractivity contribution is 6.07. The normalized spacial score (nSPS) is 20.8. The number of nitrogens with one attached hydrogen (secondary N) is 1. The predicted molar refractivity (Wildman–Crippen MR) is 78.6 cm³/mol. The molecule has 22 heavy (non-hydrogen) atoms. The number of urea groups is 1. The van der Waals surface area contributed by atoms with E-state index in [9.17, 15) is 19.8 Å². The lowest BCUT2D eigenvalue weighted by Gasteiger charge is -2.29. The predicted octanol–water partition coefficient (Wildman–Crippen LogP) is 1.69. The first-order chi connectivity index (χ1) is 10.5. The summed E-state index contributed by atoms with van der Waals surface area (Å²) in [7, 11) is 0. The molecule has 1 aliphatic carbocycles. The van der Waals surface area contributed by atoms with E-state index in [1.165, 1.54) is 18.3 Å². The number of phenols is 2. The second-order valence-electron chi connectivity index (χ2n) is 5.68. The van der Waals surface area contributed by atoms with E-state index in [2.05, 4.69) is 10.4 Å². The molecule has 3 amide bonds. The third-order valence-electron chi connectivity index (χ3n) is 4.17. The number of amides is 3. The third kappa shape index (κ3) is 2.38. The van der Waals surface area contributed by atoms with Crippen LogP contribution in [0.2, 0.25) is 0 Å². The number of benzene rings is 1. The van der Waals surface area contributed by atoms with Gasteiger partial charge in [-0.05, 0) is 25.0 Å². The molecule has 1 saturated carbocycles. The Hall–Kier alpha value is -2.57. The summed E-state index contributed by atoms with van der Waals surface area (Å²) in [5, 5.41) is 26.4. The summed E-state index contributed by atoms with van der Waals surface area (Å²) in [5.74, 6) is -0.597. The molecule has 3 rings (SSSR count). The summed E-state index contributed by atoms with van der Waals surface area (Å²) in [4.78, 5) is 24.5. The van der Waals surface area contributed by atoms with Gasteiger partial charge in [-0.15, -0.1) is 5.01 Å². The van der Waals surface area contributed by atoms with Gasteiger partial charge in [0, 0.05) is 11.6 Å². The number of nitrogens with zero attached hydrogens (tertiary/aromatic N) is 2. The van der Waals surface area contributed by atoms with Crippen LogP contribution in [-0.2, 0) is 4.79 Å². The fraction of sp³-hybridized carbons (Fsp3) is 0.400. The van der Waals surface area contributed by atoms with E-state index in [1.807, 2.05) is 0 Å². The minimum absolute atomic E-state index is 0.0780. The summed E-state index contributed by atoms with van der Waals surface area (Å²) < 4.78 is 0. The molecule has 7 nitrogen and oxygen atoms in total. The Kier molecular flexibility index (Phi) is 3.48. The maximum absolute atomic E-state index is 12.5. The average Bonchev–Trinajstić information content (AvgIpc) is 2.71. The molecule has 0 atom stereocenters. The van der Waals surface area contributed by atoms with Gasteiger partial charge in [0.25, 0.3) is 5.91 Å². The van der Waals surface area contributed by atoms with E-state index in [-0.39, 0.29) is 17.4 Å². The van der Waals surface area contributed by atoms with Crippen molar-refractivity contribution in [3.63, 3.8) is 0 Å². The first-order valence-corrected chi connectivity index (χ1v) is 7.24. The number of carbonyl (C=O) groups is 2. The first-order valence-electron chi connectivity index (χ1n) is 7.24. The van der Waals surface area contributed by atoms with Gasteiger partial charge in [0.2, 0.25) is 0 Å². The third-order valence-corrected chi connectivity index (χ3v) is 4.17. The van der Waals surface area contributed by atoms with E-state index in [1.54, 1.807) is 0 Å². The van der Waals surface area contributed by atoms with Gasteiger partial charge in [-0.1, -0.05) is 19.3 Å². The van der Waals surface area contributed by atoms with Crippen molar-refractivity contribution < 1.29 is 19.8 Å². The number of hydrazone groups is 1. The second-order valence-corrected chi connectivity index (χ2v) is 5.68. The van der Waals surface area contributed by atoms with Crippen molar-refractivity contribution in [3.05, 3.63) is 23.8 Å². The van der Waals surface area contributed by atoms with Gasteiger partial charge in [0.05, 0.1) is 6.21 Å². The number of imide groups is 1. The highest BCUT2D eigenvalue weighted by Gasteiger charge is 2.51. The number of hydrogen-bond acceptors (Lipinski definition) is 5. The van der Waals surface area contributed by atoms with Crippen molar-refractivity contribution in [1.29, 1.82) is 0 Å². The molecule has 116 valence electrons. The van der Waals surface area contributed by atoms with E-state index in [0.29, 0.717) is 18.4 Å². The Morgan fingerprint density at radius 1 is 1.18 bits per heavy atom. The monoisotopic (exact) mass is 303 g/mol. The molecule has 0 bridgehead atoms. The summed E-state index contributed by atoms with van der Waals surface area (Å²) in [6, 6.07) is 3.45. The number of rotatable bonds is 2. The van der Waals surface area contributed by atoms with Gasteiger partial charge in [-0.3, -0.25) is 4.79 Å². The number of carbonyl (C=O) groups excluding carboxylic acids is 2. The van der Waals surface area contributed by atoms with Gasteiger partial charge in [-0.25, -0.2) is 4.79 Å². The summed E-state index contributed by atoms with van der Waals surface area (Å²) >= 11 is 0. The highest BCUT2D eigenvalue weighted by Crippen LogP contribution is 2.33. The van der Waals surface area contributed by atoms with Crippen molar-refractivity contribution in [2.75, 3.05) is 0 Å². The lowest BCUT2D eigenvalue weighted by Crippen LogP contribution is -2.48. The first kappa shape index (κ1) is 14.4. The van der Waals surface area contributed by atoms with Crippen molar-refractivity contribution in [2.45, 2.75) is 37.6 Å². The lowest BCUT2D eigenvalue weighted by atomic mass is 9.82. The molecule has 2 fully saturated rings. The van der Waals surface area contributed by atoms with Crippen LogP contribution in [0.3, 0.4) is 0 Å². The molecular formula is C15H17N3O4. The molecular weight excluding hydrogens is 286 g/mol. The van der Waals surface area contributed by atoms with Crippen LogP contribution < -0.4 is 5.32 Å². The molecule has 2 aliphatic rings. The lowest BCUT2D eigenvalue weighted by molar-refractivity contribution is -0.132. The molecule has 0 radical (unpaired) electrons. The molecule has 0 unspecified atom stereocenters. The summed E-state index contributed by atoms with van der Waals surface area (Å²) in [6.07, 6.45) is 5.37. The fourth-order valence-electron chi connectivity index (χ4n) is 2.97. The number of aromatic hydroxyl groups is 2. The van der Waals surface area contributed by atoms with Gasteiger partial charge >= 0.3 is 6.03 Å². The Labute approximate surface area is 127 Å². The highest BCUT2D eigenvalue weighted by atomic mass is 16.3. The van der Waals surface area contributed by atoms with Crippen molar-refractivity contribution in [2.24, 2.45) is 5.10 Å². The maximum atomic E-state index is 12.5. The Morgan fingerprint density at radius 3 is 2.59 bits per heavy atom. The fourth-order valence-corrected chi connectivity index (χ4v) is 2.97. The van der Waals surface area contributed by atoms with Gasteiger partial charge in [0.15, 0.2) is 0 Å². The molecule has 0 aromatic heterocycles. The zero-order valence-corrected chi connectivity index (χ0v) is 12.0. The van der Waals surface area contributed by atoms with Crippen LogP contribution in [0.4, 0.5) is 4.79 Å². The Balaban J connectivity index is 1.81. The quantitative estimate of drug-likeness (QED) is 0.571. The SMILES string of the molecule is O=C1NC2(CCCCC2)C(=O)N1/N=C/c1ccc(O)cc1O. The van der Waals surface area contributed by atoms with Gasteiger partial charge in [-0.2, -0.15) is 5.10 Å². The average molecular weight is 303 g/mol. The van der Waals surface area contributed by atoms with Crippen molar-refractivity contribution in [3.8, 4) is 11.5 Å². The van der Waals surface area contributed by atoms with E-state index >= 15 is 0 Å². The standard InChI is InChI=1S/C15H17N3O4/c19-11-5-4-10(12(20)8-11)9-16-18-13(21)15(17-14(18)22)6-2-1-3-7-15/h4-5,8-9,19-20H,1-3,6-7H2,(H,17,22)/b16-9+. The molecule has 3 N–H and O–H groups in total. The summed E-state index contributed by atoms with van der Waals surface area (Å²) in [6.45, 7) is 0. The smallest absolute Gasteiger partial charge is 0.346 e. The minimum Gasteiger partial charge on any atom is -0.508 e. The largest absolute Gasteiger partial charge is 0.508 e. The molecule has 1 saturated heterocycles. The molecule has 7 heteroatoms. The van der Waals surface area contributed by atoms with Crippen LogP contribution in [0, 0.1) is 0 Å². The molecule has 1 aromatic carbocycles. The Bertz CT molecular complexity index is 650. The summed E-state index contributed by atoms with van der Waals surface area (Å²) in [5.41, 5.74) is -0.507.